The second-order valence-electron chi connectivity index (χ2n) is 14.7. The van der Waals surface area contributed by atoms with Gasteiger partial charge in [0.05, 0.1) is 28.4 Å². The van der Waals surface area contributed by atoms with E-state index in [2.05, 4.69) is 85.1 Å². The van der Waals surface area contributed by atoms with Gasteiger partial charge in [-0.05, 0) is 52.6 Å². The minimum Gasteiger partial charge on any atom is -0.454 e. The highest BCUT2D eigenvalue weighted by atomic mass is 16.3. The molecule has 6 heteroatoms. The highest BCUT2D eigenvalue weighted by Gasteiger charge is 2.36. The number of hydrogen-bond acceptors (Lipinski definition) is 5. The summed E-state index contributed by atoms with van der Waals surface area (Å²) < 4.78 is 9.15. The van der Waals surface area contributed by atoms with E-state index in [1.807, 2.05) is 91.0 Å². The lowest BCUT2D eigenvalue weighted by Crippen LogP contribution is -2.15. The Kier molecular flexibility index (Phi) is 6.56. The number of furan rings is 1. The van der Waals surface area contributed by atoms with Crippen molar-refractivity contribution in [3.8, 4) is 57.0 Å². The van der Waals surface area contributed by atoms with E-state index in [-0.39, 0.29) is 5.41 Å². The maximum atomic E-state index is 11.1. The molecule has 10 aromatic rings. The summed E-state index contributed by atoms with van der Waals surface area (Å²) in [5.74, 6) is 1.46. The van der Waals surface area contributed by atoms with Gasteiger partial charge in [-0.2, -0.15) is 5.26 Å². The molecule has 3 aromatic heterocycles. The molecule has 1 aliphatic carbocycles. The maximum absolute atomic E-state index is 11.1. The molecule has 6 nitrogen and oxygen atoms in total. The van der Waals surface area contributed by atoms with Gasteiger partial charge >= 0.3 is 0 Å². The molecule has 0 aliphatic heterocycles. The Bertz CT molecular complexity index is 3180. The van der Waals surface area contributed by atoms with E-state index in [0.29, 0.717) is 39.8 Å². The number of para-hydroxylation sites is 2. The maximum Gasteiger partial charge on any atom is 0.166 e. The van der Waals surface area contributed by atoms with Gasteiger partial charge < -0.3 is 8.98 Å². The molecule has 11 rings (SSSR count). The van der Waals surface area contributed by atoms with Crippen LogP contribution in [0.1, 0.15) is 30.5 Å². The summed E-state index contributed by atoms with van der Waals surface area (Å²) in [7, 11) is 0. The van der Waals surface area contributed by atoms with Gasteiger partial charge in [0, 0.05) is 43.7 Å². The second kappa shape index (κ2) is 11.6. The number of fused-ring (bicyclic) bond motifs is 9. The molecule has 0 unspecified atom stereocenters. The molecular weight excluding hydrogens is 675 g/mol. The zero-order valence-electron chi connectivity index (χ0n) is 30.1. The molecule has 0 bridgehead atoms. The first-order valence-corrected chi connectivity index (χ1v) is 18.4. The van der Waals surface area contributed by atoms with E-state index in [1.165, 1.54) is 22.3 Å². The summed E-state index contributed by atoms with van der Waals surface area (Å²) in [6, 6.07) is 54.2. The van der Waals surface area contributed by atoms with Crippen molar-refractivity contribution in [3.63, 3.8) is 0 Å². The molecular formula is C49H31N5O. The zero-order chi connectivity index (χ0) is 36.8. The lowest BCUT2D eigenvalue weighted by atomic mass is 9.82. The zero-order valence-corrected chi connectivity index (χ0v) is 30.1. The van der Waals surface area contributed by atoms with E-state index in [4.69, 9.17) is 19.4 Å². The average Bonchev–Trinajstić information content (AvgIpc) is 3.86. The molecule has 0 fully saturated rings. The van der Waals surface area contributed by atoms with Crippen molar-refractivity contribution < 1.29 is 4.42 Å². The lowest BCUT2D eigenvalue weighted by Gasteiger charge is -2.21. The molecule has 1 aliphatic rings. The normalized spacial score (nSPS) is 13.0. The molecule has 0 radical (unpaired) electrons. The lowest BCUT2D eigenvalue weighted by molar-refractivity contribution is 0.660. The van der Waals surface area contributed by atoms with Crippen molar-refractivity contribution in [2.75, 3.05) is 0 Å². The first kappa shape index (κ1) is 31.2. The summed E-state index contributed by atoms with van der Waals surface area (Å²) in [5.41, 5.74) is 12.0. The molecule has 0 saturated heterocycles. The van der Waals surface area contributed by atoms with E-state index < -0.39 is 0 Å². The largest absolute Gasteiger partial charge is 0.454 e. The monoisotopic (exact) mass is 705 g/mol. The van der Waals surface area contributed by atoms with E-state index in [9.17, 15) is 5.26 Å². The van der Waals surface area contributed by atoms with Gasteiger partial charge in [0.15, 0.2) is 23.1 Å². The van der Waals surface area contributed by atoms with E-state index >= 15 is 0 Å². The predicted octanol–water partition coefficient (Wildman–Crippen LogP) is 12.0. The molecule has 0 atom stereocenters. The van der Waals surface area contributed by atoms with E-state index in [1.54, 1.807) is 0 Å². The van der Waals surface area contributed by atoms with Crippen LogP contribution in [0.5, 0.6) is 0 Å². The first-order chi connectivity index (χ1) is 27.0. The molecule has 0 spiro atoms. The standard InChI is InChI=1S/C49H31N5O/c1-49(2)37-22-12-9-19-32(37)35-26-36-33-20-10-13-23-39(33)54(40(36)27-38(35)49)41-25-31(28-50)43(44-34-21-11-14-24-42(34)55-45(41)44)48-52-46(29-15-5-3-6-16-29)51-47(53-48)30-17-7-4-8-18-30/h3-27H,1-2H3. The van der Waals surface area contributed by atoms with Crippen LogP contribution in [0.3, 0.4) is 0 Å². The SMILES string of the molecule is CC1(C)c2ccccc2-c2cc3c4ccccc4n(-c4cc(C#N)c(-c5nc(-c6ccccc6)nc(-c6ccccc6)n5)c5c4oc4ccccc45)c3cc21. The summed E-state index contributed by atoms with van der Waals surface area (Å²) in [5, 5.41) is 15.0. The Labute approximate surface area is 316 Å². The van der Waals surface area contributed by atoms with Crippen LogP contribution < -0.4 is 0 Å². The summed E-state index contributed by atoms with van der Waals surface area (Å²) in [6.07, 6.45) is 0. The third-order valence-corrected chi connectivity index (χ3v) is 11.3. The van der Waals surface area contributed by atoms with Gasteiger partial charge in [-0.1, -0.05) is 135 Å². The number of nitrogens with zero attached hydrogens (tertiary/aromatic N) is 5. The summed E-state index contributed by atoms with van der Waals surface area (Å²) in [4.78, 5) is 15.1. The summed E-state index contributed by atoms with van der Waals surface area (Å²) in [6.45, 7) is 4.61. The Morgan fingerprint density at radius 2 is 1.18 bits per heavy atom. The van der Waals surface area contributed by atoms with Gasteiger partial charge in [-0.15, -0.1) is 0 Å². The minimum atomic E-state index is -0.191. The quantitative estimate of drug-likeness (QED) is 0.182. The number of rotatable bonds is 4. The molecule has 0 N–H and O–H groups in total. The van der Waals surface area contributed by atoms with Crippen LogP contribution in [0.4, 0.5) is 0 Å². The third kappa shape index (κ3) is 4.50. The van der Waals surface area contributed by atoms with Gasteiger partial charge in [-0.3, -0.25) is 0 Å². The van der Waals surface area contributed by atoms with Gasteiger partial charge in [0.25, 0.3) is 0 Å². The number of nitriles is 1. The highest BCUT2D eigenvalue weighted by Crippen LogP contribution is 2.51. The Morgan fingerprint density at radius 1 is 0.564 bits per heavy atom. The van der Waals surface area contributed by atoms with Gasteiger partial charge in [-0.25, -0.2) is 15.0 Å². The fraction of sp³-hybridized carbons (Fsp3) is 0.0612. The van der Waals surface area contributed by atoms with Crippen molar-refractivity contribution in [2.24, 2.45) is 0 Å². The third-order valence-electron chi connectivity index (χ3n) is 11.3. The smallest absolute Gasteiger partial charge is 0.166 e. The number of hydrogen-bond donors (Lipinski definition) is 0. The highest BCUT2D eigenvalue weighted by molar-refractivity contribution is 6.18. The van der Waals surface area contributed by atoms with Crippen LogP contribution in [-0.4, -0.2) is 19.5 Å². The Balaban J connectivity index is 1.25. The van der Waals surface area contributed by atoms with Crippen LogP contribution in [0.15, 0.2) is 156 Å². The second-order valence-corrected chi connectivity index (χ2v) is 14.7. The van der Waals surface area contributed by atoms with Crippen LogP contribution in [0.25, 0.3) is 94.7 Å². The Hall–Kier alpha value is -7.36. The topological polar surface area (TPSA) is 80.5 Å². The van der Waals surface area contributed by atoms with Crippen LogP contribution >= 0.6 is 0 Å². The van der Waals surface area contributed by atoms with Crippen molar-refractivity contribution in [2.45, 2.75) is 19.3 Å². The molecule has 3 heterocycles. The molecule has 0 amide bonds. The molecule has 0 saturated carbocycles. The van der Waals surface area contributed by atoms with Crippen molar-refractivity contribution in [3.05, 3.63) is 168 Å². The number of benzene rings is 7. The van der Waals surface area contributed by atoms with Crippen molar-refractivity contribution in [1.29, 1.82) is 5.26 Å². The summed E-state index contributed by atoms with van der Waals surface area (Å²) >= 11 is 0. The van der Waals surface area contributed by atoms with Crippen molar-refractivity contribution >= 4 is 43.7 Å². The predicted molar refractivity (Wildman–Crippen MR) is 220 cm³/mol. The molecule has 7 aromatic carbocycles. The van der Waals surface area contributed by atoms with Gasteiger partial charge in [0.2, 0.25) is 0 Å². The van der Waals surface area contributed by atoms with Gasteiger partial charge in [0.1, 0.15) is 5.58 Å². The van der Waals surface area contributed by atoms with Crippen LogP contribution in [-0.2, 0) is 5.41 Å². The van der Waals surface area contributed by atoms with Crippen LogP contribution in [0, 0.1) is 11.3 Å². The molecule has 258 valence electrons. The van der Waals surface area contributed by atoms with Crippen molar-refractivity contribution in [1.82, 2.24) is 19.5 Å². The Morgan fingerprint density at radius 3 is 1.91 bits per heavy atom. The fourth-order valence-corrected chi connectivity index (χ4v) is 8.71. The number of aromatic nitrogens is 4. The van der Waals surface area contributed by atoms with E-state index in [0.717, 1.165) is 49.4 Å². The molecule has 55 heavy (non-hydrogen) atoms. The minimum absolute atomic E-state index is 0.191. The first-order valence-electron chi connectivity index (χ1n) is 18.4. The fourth-order valence-electron chi connectivity index (χ4n) is 8.71. The van der Waals surface area contributed by atoms with Crippen LogP contribution in [0.2, 0.25) is 0 Å². The average molecular weight is 706 g/mol.